The molecule has 0 aliphatic heterocycles. The molecule has 6 nitrogen and oxygen atoms in total. The molecule has 0 radical (unpaired) electrons. The predicted octanol–water partition coefficient (Wildman–Crippen LogP) is 0.669. The summed E-state index contributed by atoms with van der Waals surface area (Å²) in [5.74, 6) is -1.10. The third kappa shape index (κ3) is 3.79. The molecule has 1 rings (SSSR count). The van der Waals surface area contributed by atoms with Crippen LogP contribution < -0.4 is 10.1 Å². The molecule has 1 amide bonds. The predicted molar refractivity (Wildman–Crippen MR) is 56.2 cm³/mol. The Hall–Kier alpha value is -2.37. The number of methoxy groups -OCH3 is 1. The third-order valence-corrected chi connectivity index (χ3v) is 1.56. The highest BCUT2D eigenvalue weighted by Gasteiger charge is 2.01. The van der Waals surface area contributed by atoms with Crippen molar-refractivity contribution in [1.29, 1.82) is 0 Å². The topological polar surface area (TPSA) is 88.5 Å². The Kier molecular flexibility index (Phi) is 4.02. The minimum atomic E-state index is -1.19. The number of carboxylic acids is 1. The van der Waals surface area contributed by atoms with Gasteiger partial charge in [-0.3, -0.25) is 4.79 Å². The van der Waals surface area contributed by atoms with Crippen LogP contribution in [0, 0.1) is 0 Å². The molecule has 0 aliphatic carbocycles. The number of nitrogens with zero attached hydrogens (tertiary/aromatic N) is 1. The second-order valence-electron chi connectivity index (χ2n) is 2.73. The van der Waals surface area contributed by atoms with E-state index in [-0.39, 0.29) is 0 Å². The average molecular weight is 222 g/mol. The van der Waals surface area contributed by atoms with Gasteiger partial charge in [0.25, 0.3) is 0 Å². The van der Waals surface area contributed by atoms with E-state index in [1.54, 1.807) is 18.2 Å². The van der Waals surface area contributed by atoms with Gasteiger partial charge in [0.2, 0.25) is 11.8 Å². The van der Waals surface area contributed by atoms with Gasteiger partial charge in [0.05, 0.1) is 7.11 Å². The number of hydrogen-bond donors (Lipinski definition) is 2. The number of aliphatic carboxylic acids is 1. The van der Waals surface area contributed by atoms with Gasteiger partial charge in [-0.05, 0) is 6.07 Å². The number of nitrogens with one attached hydrogen (secondary N) is 1. The Morgan fingerprint density at radius 1 is 1.44 bits per heavy atom. The summed E-state index contributed by atoms with van der Waals surface area (Å²) < 4.78 is 4.86. The van der Waals surface area contributed by atoms with E-state index in [2.05, 4.69) is 10.3 Å². The maximum absolute atomic E-state index is 11.2. The standard InChI is InChI=1S/C10H10N2O4/c1-16-9-4-2-3-7(12-9)11-8(13)5-6-10(14)15/h2-6H,1H3,(H,14,15)(H,11,12,13)/b6-5-. The molecule has 0 saturated carbocycles. The van der Waals surface area contributed by atoms with Crippen LogP contribution in [0.4, 0.5) is 5.82 Å². The van der Waals surface area contributed by atoms with Gasteiger partial charge >= 0.3 is 5.97 Å². The first-order chi connectivity index (χ1) is 7.61. The first-order valence-corrected chi connectivity index (χ1v) is 4.35. The molecular formula is C10H10N2O4. The summed E-state index contributed by atoms with van der Waals surface area (Å²) in [7, 11) is 1.46. The number of anilines is 1. The quantitative estimate of drug-likeness (QED) is 0.731. The fourth-order valence-electron chi connectivity index (χ4n) is 0.913. The molecule has 0 aliphatic rings. The third-order valence-electron chi connectivity index (χ3n) is 1.56. The summed E-state index contributed by atoms with van der Waals surface area (Å²) in [5, 5.41) is 10.7. The minimum Gasteiger partial charge on any atom is -0.481 e. The van der Waals surface area contributed by atoms with Crippen LogP contribution in [0.15, 0.2) is 30.4 Å². The van der Waals surface area contributed by atoms with Crippen molar-refractivity contribution in [3.63, 3.8) is 0 Å². The first-order valence-electron chi connectivity index (χ1n) is 4.35. The number of ether oxygens (including phenoxy) is 1. The molecule has 0 fully saturated rings. The summed E-state index contributed by atoms with van der Waals surface area (Å²) in [5.41, 5.74) is 0. The van der Waals surface area contributed by atoms with E-state index in [1.165, 1.54) is 7.11 Å². The zero-order valence-corrected chi connectivity index (χ0v) is 8.51. The zero-order chi connectivity index (χ0) is 12.0. The van der Waals surface area contributed by atoms with Gasteiger partial charge in [-0.25, -0.2) is 4.79 Å². The van der Waals surface area contributed by atoms with Crippen LogP contribution >= 0.6 is 0 Å². The molecule has 0 atom stereocenters. The Balaban J connectivity index is 2.65. The lowest BCUT2D eigenvalue weighted by molar-refractivity contribution is -0.131. The number of amides is 1. The van der Waals surface area contributed by atoms with E-state index >= 15 is 0 Å². The lowest BCUT2D eigenvalue weighted by atomic mass is 10.4. The van der Waals surface area contributed by atoms with Crippen molar-refractivity contribution >= 4 is 17.7 Å². The van der Waals surface area contributed by atoms with Crippen molar-refractivity contribution in [1.82, 2.24) is 4.98 Å². The van der Waals surface area contributed by atoms with E-state index in [9.17, 15) is 9.59 Å². The monoisotopic (exact) mass is 222 g/mol. The van der Waals surface area contributed by atoms with Crippen molar-refractivity contribution in [3.05, 3.63) is 30.4 Å². The number of carbonyl (C=O) groups is 2. The largest absolute Gasteiger partial charge is 0.481 e. The molecule has 1 aromatic heterocycles. The van der Waals surface area contributed by atoms with Crippen LogP contribution in [0.3, 0.4) is 0 Å². The Morgan fingerprint density at radius 3 is 2.81 bits per heavy atom. The van der Waals surface area contributed by atoms with E-state index in [4.69, 9.17) is 9.84 Å². The molecule has 1 heterocycles. The molecule has 0 saturated heterocycles. The van der Waals surface area contributed by atoms with Crippen LogP contribution in [0.1, 0.15) is 0 Å². The van der Waals surface area contributed by atoms with Gasteiger partial charge in [-0.2, -0.15) is 4.98 Å². The van der Waals surface area contributed by atoms with E-state index in [0.717, 1.165) is 12.2 Å². The molecule has 0 aromatic carbocycles. The number of aromatic nitrogens is 1. The lowest BCUT2D eigenvalue weighted by Gasteiger charge is -2.02. The van der Waals surface area contributed by atoms with Gasteiger partial charge in [0.1, 0.15) is 5.82 Å². The van der Waals surface area contributed by atoms with Gasteiger partial charge in [0, 0.05) is 18.2 Å². The second-order valence-corrected chi connectivity index (χ2v) is 2.73. The Morgan fingerprint density at radius 2 is 2.19 bits per heavy atom. The van der Waals surface area contributed by atoms with E-state index < -0.39 is 11.9 Å². The summed E-state index contributed by atoms with van der Waals surface area (Å²) in [6.07, 6.45) is 1.65. The van der Waals surface area contributed by atoms with Crippen molar-refractivity contribution in [2.75, 3.05) is 12.4 Å². The van der Waals surface area contributed by atoms with Crippen molar-refractivity contribution < 1.29 is 19.4 Å². The molecular weight excluding hydrogens is 212 g/mol. The van der Waals surface area contributed by atoms with E-state index in [0.29, 0.717) is 11.7 Å². The minimum absolute atomic E-state index is 0.291. The Labute approximate surface area is 91.6 Å². The first kappa shape index (κ1) is 11.7. The van der Waals surface area contributed by atoms with Crippen LogP contribution in [0.25, 0.3) is 0 Å². The fourth-order valence-corrected chi connectivity index (χ4v) is 0.913. The van der Waals surface area contributed by atoms with Gasteiger partial charge in [-0.15, -0.1) is 0 Å². The summed E-state index contributed by atoms with van der Waals surface area (Å²) in [4.78, 5) is 25.3. The van der Waals surface area contributed by atoms with Crippen LogP contribution in [0.5, 0.6) is 5.88 Å². The number of hydrogen-bond acceptors (Lipinski definition) is 4. The fraction of sp³-hybridized carbons (Fsp3) is 0.100. The number of carboxylic acid groups (broad SMARTS) is 1. The van der Waals surface area contributed by atoms with Crippen molar-refractivity contribution in [3.8, 4) is 5.88 Å². The summed E-state index contributed by atoms with van der Waals surface area (Å²) in [6.45, 7) is 0. The molecule has 6 heteroatoms. The molecule has 84 valence electrons. The summed E-state index contributed by atoms with van der Waals surface area (Å²) in [6, 6.07) is 4.85. The Bertz CT molecular complexity index is 429. The molecule has 0 bridgehead atoms. The second kappa shape index (κ2) is 5.50. The highest BCUT2D eigenvalue weighted by molar-refractivity contribution is 6.01. The van der Waals surface area contributed by atoms with E-state index in [1.807, 2.05) is 0 Å². The van der Waals surface area contributed by atoms with Crippen LogP contribution in [-0.4, -0.2) is 29.1 Å². The summed E-state index contributed by atoms with van der Waals surface area (Å²) >= 11 is 0. The molecule has 16 heavy (non-hydrogen) atoms. The maximum atomic E-state index is 11.2. The number of carbonyl (C=O) groups excluding carboxylic acids is 1. The number of pyridine rings is 1. The van der Waals surface area contributed by atoms with Crippen LogP contribution in [0.2, 0.25) is 0 Å². The normalized spacial score (nSPS) is 10.1. The van der Waals surface area contributed by atoms with Crippen molar-refractivity contribution in [2.45, 2.75) is 0 Å². The van der Waals surface area contributed by atoms with Gasteiger partial charge in [0.15, 0.2) is 0 Å². The van der Waals surface area contributed by atoms with Crippen molar-refractivity contribution in [2.24, 2.45) is 0 Å². The SMILES string of the molecule is COc1cccc(NC(=O)/C=C\C(=O)O)n1. The highest BCUT2D eigenvalue weighted by atomic mass is 16.5. The van der Waals surface area contributed by atoms with Crippen LogP contribution in [-0.2, 0) is 9.59 Å². The zero-order valence-electron chi connectivity index (χ0n) is 8.51. The lowest BCUT2D eigenvalue weighted by Crippen LogP contribution is -2.10. The maximum Gasteiger partial charge on any atom is 0.328 e. The molecule has 0 unspecified atom stereocenters. The molecule has 0 spiro atoms. The average Bonchev–Trinajstić information content (AvgIpc) is 2.26. The molecule has 2 N–H and O–H groups in total. The smallest absolute Gasteiger partial charge is 0.328 e. The number of rotatable bonds is 4. The van der Waals surface area contributed by atoms with Gasteiger partial charge < -0.3 is 15.2 Å². The van der Waals surface area contributed by atoms with Gasteiger partial charge in [-0.1, -0.05) is 6.07 Å². The molecule has 1 aromatic rings. The highest BCUT2D eigenvalue weighted by Crippen LogP contribution is 2.10.